The Morgan fingerprint density at radius 3 is 2.50 bits per heavy atom. The van der Waals surface area contributed by atoms with Crippen molar-refractivity contribution in [2.45, 2.75) is 37.7 Å². The van der Waals surface area contributed by atoms with Crippen molar-refractivity contribution in [3.05, 3.63) is 23.8 Å². The number of hydrogen-bond acceptors (Lipinski definition) is 4. The Morgan fingerprint density at radius 1 is 1.40 bits per heavy atom. The van der Waals surface area contributed by atoms with Crippen molar-refractivity contribution < 1.29 is 17.9 Å². The SMILES string of the molecule is COC(C)(C)CC(=O)Nc1cccc(S(N)(=O)=O)c1C. The highest BCUT2D eigenvalue weighted by Crippen LogP contribution is 2.23. The highest BCUT2D eigenvalue weighted by Gasteiger charge is 2.22. The standard InChI is InChI=1S/C13H20N2O4S/c1-9-10(6-5-7-11(9)20(14,17)18)15-12(16)8-13(2,3)19-4/h5-7H,8H2,1-4H3,(H,15,16)(H2,14,17,18). The topological polar surface area (TPSA) is 98.5 Å². The average molecular weight is 300 g/mol. The second-order valence-electron chi connectivity index (χ2n) is 5.16. The third-order valence-electron chi connectivity index (χ3n) is 3.00. The van der Waals surface area contributed by atoms with Gasteiger partial charge in [0.15, 0.2) is 0 Å². The maximum Gasteiger partial charge on any atom is 0.238 e. The molecular formula is C13H20N2O4S. The first-order valence-corrected chi connectivity index (χ1v) is 7.59. The van der Waals surface area contributed by atoms with Crippen LogP contribution >= 0.6 is 0 Å². The van der Waals surface area contributed by atoms with E-state index in [-0.39, 0.29) is 17.2 Å². The monoisotopic (exact) mass is 300 g/mol. The van der Waals surface area contributed by atoms with Crippen molar-refractivity contribution in [3.8, 4) is 0 Å². The molecule has 0 aliphatic rings. The van der Waals surface area contributed by atoms with Gasteiger partial charge in [0.1, 0.15) is 0 Å². The fourth-order valence-corrected chi connectivity index (χ4v) is 2.52. The first kappa shape index (κ1) is 16.6. The first-order chi connectivity index (χ1) is 9.07. The lowest BCUT2D eigenvalue weighted by atomic mass is 10.0. The van der Waals surface area contributed by atoms with Crippen molar-refractivity contribution in [1.29, 1.82) is 0 Å². The third-order valence-corrected chi connectivity index (χ3v) is 4.06. The van der Waals surface area contributed by atoms with E-state index >= 15 is 0 Å². The van der Waals surface area contributed by atoms with Crippen LogP contribution in [0.1, 0.15) is 25.8 Å². The van der Waals surface area contributed by atoms with Gasteiger partial charge in [-0.25, -0.2) is 13.6 Å². The Hall–Kier alpha value is -1.44. The molecule has 0 saturated carbocycles. The quantitative estimate of drug-likeness (QED) is 0.858. The lowest BCUT2D eigenvalue weighted by Gasteiger charge is -2.22. The zero-order valence-corrected chi connectivity index (χ0v) is 12.9. The zero-order chi connectivity index (χ0) is 15.6. The summed E-state index contributed by atoms with van der Waals surface area (Å²) in [5.74, 6) is -0.258. The molecular weight excluding hydrogens is 280 g/mol. The number of nitrogens with one attached hydrogen (secondary N) is 1. The molecule has 1 rings (SSSR count). The largest absolute Gasteiger partial charge is 0.378 e. The van der Waals surface area contributed by atoms with E-state index in [1.54, 1.807) is 26.8 Å². The second kappa shape index (κ2) is 5.90. The predicted molar refractivity (Wildman–Crippen MR) is 76.9 cm³/mol. The van der Waals surface area contributed by atoms with E-state index in [4.69, 9.17) is 9.88 Å². The molecule has 0 saturated heterocycles. The van der Waals surface area contributed by atoms with Gasteiger partial charge in [-0.1, -0.05) is 6.07 Å². The number of carbonyl (C=O) groups excluding carboxylic acids is 1. The van der Waals surface area contributed by atoms with Crippen molar-refractivity contribution in [2.75, 3.05) is 12.4 Å². The molecule has 0 atom stereocenters. The second-order valence-corrected chi connectivity index (χ2v) is 6.69. The van der Waals surface area contributed by atoms with E-state index in [1.165, 1.54) is 19.2 Å². The van der Waals surface area contributed by atoms with Gasteiger partial charge in [0.2, 0.25) is 15.9 Å². The van der Waals surface area contributed by atoms with Gasteiger partial charge >= 0.3 is 0 Å². The molecule has 1 aromatic rings. The molecule has 3 N–H and O–H groups in total. The maximum absolute atomic E-state index is 11.9. The van der Waals surface area contributed by atoms with Crippen LogP contribution in [0.4, 0.5) is 5.69 Å². The van der Waals surface area contributed by atoms with Gasteiger partial charge in [0.25, 0.3) is 0 Å². The summed E-state index contributed by atoms with van der Waals surface area (Å²) in [5, 5.41) is 7.79. The first-order valence-electron chi connectivity index (χ1n) is 6.04. The van der Waals surface area contributed by atoms with Crippen LogP contribution in [0.3, 0.4) is 0 Å². The van der Waals surface area contributed by atoms with Crippen LogP contribution in [0.15, 0.2) is 23.1 Å². The van der Waals surface area contributed by atoms with Gasteiger partial charge in [-0.05, 0) is 38.5 Å². The van der Waals surface area contributed by atoms with E-state index in [2.05, 4.69) is 5.32 Å². The van der Waals surface area contributed by atoms with Crippen LogP contribution in [-0.2, 0) is 19.6 Å². The van der Waals surface area contributed by atoms with Crippen LogP contribution in [-0.4, -0.2) is 27.0 Å². The maximum atomic E-state index is 11.9. The van der Waals surface area contributed by atoms with Crippen LogP contribution in [0.5, 0.6) is 0 Å². The summed E-state index contributed by atoms with van der Waals surface area (Å²) in [7, 11) is -2.28. The van der Waals surface area contributed by atoms with Crippen molar-refractivity contribution in [3.63, 3.8) is 0 Å². The molecule has 1 amide bonds. The molecule has 0 aliphatic carbocycles. The van der Waals surface area contributed by atoms with Gasteiger partial charge in [-0.2, -0.15) is 0 Å². The molecule has 0 heterocycles. The number of anilines is 1. The summed E-state index contributed by atoms with van der Waals surface area (Å²) >= 11 is 0. The lowest BCUT2D eigenvalue weighted by molar-refractivity contribution is -0.121. The Balaban J connectivity index is 2.98. The van der Waals surface area contributed by atoms with Crippen molar-refractivity contribution in [1.82, 2.24) is 0 Å². The fourth-order valence-electron chi connectivity index (χ4n) is 1.71. The van der Waals surface area contributed by atoms with Gasteiger partial charge in [0, 0.05) is 12.8 Å². The summed E-state index contributed by atoms with van der Waals surface area (Å²) in [6, 6.07) is 4.56. The van der Waals surface area contributed by atoms with E-state index in [1.807, 2.05) is 0 Å². The summed E-state index contributed by atoms with van der Waals surface area (Å²) in [6.45, 7) is 5.18. The minimum Gasteiger partial charge on any atom is -0.378 e. The molecule has 0 spiro atoms. The molecule has 0 unspecified atom stereocenters. The number of hydrogen-bond donors (Lipinski definition) is 2. The normalized spacial score (nSPS) is 12.2. The molecule has 0 aromatic heterocycles. The number of primary sulfonamides is 1. The summed E-state index contributed by atoms with van der Waals surface area (Å²) in [6.07, 6.45) is 0.155. The van der Waals surface area contributed by atoms with Gasteiger partial charge in [-0.3, -0.25) is 4.79 Å². The molecule has 6 nitrogen and oxygen atoms in total. The smallest absolute Gasteiger partial charge is 0.238 e. The fraction of sp³-hybridized carbons (Fsp3) is 0.462. The minimum absolute atomic E-state index is 0.00121. The number of benzene rings is 1. The van der Waals surface area contributed by atoms with Crippen LogP contribution < -0.4 is 10.5 Å². The van der Waals surface area contributed by atoms with Crippen LogP contribution in [0, 0.1) is 6.92 Å². The Kier molecular flexibility index (Phi) is 4.90. The van der Waals surface area contributed by atoms with E-state index in [0.717, 1.165) is 0 Å². The third kappa shape index (κ3) is 4.29. The molecule has 0 fully saturated rings. The van der Waals surface area contributed by atoms with Gasteiger partial charge in [-0.15, -0.1) is 0 Å². The Bertz CT molecular complexity index is 609. The zero-order valence-electron chi connectivity index (χ0n) is 12.1. The number of nitrogens with two attached hydrogens (primary N) is 1. The van der Waals surface area contributed by atoms with E-state index in [0.29, 0.717) is 11.3 Å². The van der Waals surface area contributed by atoms with Gasteiger partial charge in [0.05, 0.1) is 16.9 Å². The lowest BCUT2D eigenvalue weighted by Crippen LogP contribution is -2.29. The average Bonchev–Trinajstić information content (AvgIpc) is 2.29. The van der Waals surface area contributed by atoms with Crippen molar-refractivity contribution >= 4 is 21.6 Å². The van der Waals surface area contributed by atoms with Crippen LogP contribution in [0.25, 0.3) is 0 Å². The van der Waals surface area contributed by atoms with Crippen molar-refractivity contribution in [2.24, 2.45) is 5.14 Å². The van der Waals surface area contributed by atoms with Crippen LogP contribution in [0.2, 0.25) is 0 Å². The Labute approximate surface area is 119 Å². The number of rotatable bonds is 5. The number of amides is 1. The summed E-state index contributed by atoms with van der Waals surface area (Å²) in [5.41, 5.74) is 0.252. The molecule has 0 radical (unpaired) electrons. The highest BCUT2D eigenvalue weighted by molar-refractivity contribution is 7.89. The minimum atomic E-state index is -3.81. The highest BCUT2D eigenvalue weighted by atomic mass is 32.2. The predicted octanol–water partition coefficient (Wildman–Crippen LogP) is 1.40. The van der Waals surface area contributed by atoms with E-state index in [9.17, 15) is 13.2 Å². The number of ether oxygens (including phenoxy) is 1. The summed E-state index contributed by atoms with van der Waals surface area (Å²) < 4.78 is 28.0. The van der Waals surface area contributed by atoms with Gasteiger partial charge < -0.3 is 10.1 Å². The summed E-state index contributed by atoms with van der Waals surface area (Å²) in [4.78, 5) is 11.9. The molecule has 0 aliphatic heterocycles. The molecule has 1 aromatic carbocycles. The number of carbonyl (C=O) groups is 1. The van der Waals surface area contributed by atoms with E-state index < -0.39 is 15.6 Å². The molecule has 112 valence electrons. The molecule has 0 bridgehead atoms. The number of methoxy groups -OCH3 is 1. The molecule has 7 heteroatoms. The number of sulfonamides is 1. The molecule has 20 heavy (non-hydrogen) atoms. The Morgan fingerprint density at radius 2 is 2.00 bits per heavy atom.